The van der Waals surface area contributed by atoms with Gasteiger partial charge in [0.2, 0.25) is 0 Å². The van der Waals surface area contributed by atoms with Crippen LogP contribution in [0.25, 0.3) is 0 Å². The normalized spacial score (nSPS) is 15.0. The molecule has 2 N–H and O–H groups in total. The zero-order chi connectivity index (χ0) is 26.4. The molecule has 37 heavy (non-hydrogen) atoms. The fraction of sp³-hybridized carbons (Fsp3) is 0.538. The first kappa shape index (κ1) is 27.3. The van der Waals surface area contributed by atoms with Crippen LogP contribution in [-0.2, 0) is 49.5 Å². The van der Waals surface area contributed by atoms with Gasteiger partial charge in [-0.2, -0.15) is 0 Å². The number of fused-ring (bicyclic) bond motifs is 2. The van der Waals surface area contributed by atoms with E-state index in [2.05, 4.69) is 10.6 Å². The Morgan fingerprint density at radius 2 is 1.05 bits per heavy atom. The molecule has 0 radical (unpaired) electrons. The lowest BCUT2D eigenvalue weighted by Crippen LogP contribution is -2.24. The third-order valence-corrected chi connectivity index (χ3v) is 9.01. The topological polar surface area (TPSA) is 120 Å². The summed E-state index contributed by atoms with van der Waals surface area (Å²) in [5.41, 5.74) is 2.76. The average Bonchev–Trinajstić information content (AvgIpc) is 3.16. The summed E-state index contributed by atoms with van der Waals surface area (Å²) in [7, 11) is 2.65. The Morgan fingerprint density at radius 3 is 1.46 bits per heavy atom. The zero-order valence-corrected chi connectivity index (χ0v) is 22.8. The van der Waals surface area contributed by atoms with Gasteiger partial charge in [-0.3, -0.25) is 9.59 Å². The summed E-state index contributed by atoms with van der Waals surface area (Å²) in [5.74, 6) is -1.86. The molecule has 9 nitrogen and oxygen atoms in total. The molecule has 2 aliphatic rings. The van der Waals surface area contributed by atoms with E-state index in [0.29, 0.717) is 21.1 Å². The summed E-state index contributed by atoms with van der Waals surface area (Å²) in [6, 6.07) is 0. The van der Waals surface area contributed by atoms with Crippen molar-refractivity contribution >= 4 is 56.4 Å². The highest BCUT2D eigenvalue weighted by Gasteiger charge is 2.28. The molecule has 200 valence electrons. The minimum absolute atomic E-state index is 0.360. The SMILES string of the molecule is COC(=O)c1c(NC(=O)COCC(=O)Nc2sc3c(c2C(=O)OC)CCCCC3)sc2c1CCCCC2. The predicted octanol–water partition coefficient (Wildman–Crippen LogP) is 4.51. The predicted molar refractivity (Wildman–Crippen MR) is 142 cm³/mol. The van der Waals surface area contributed by atoms with E-state index in [1.165, 1.54) is 36.9 Å². The molecular formula is C26H32N2O7S2. The van der Waals surface area contributed by atoms with Crippen LogP contribution in [0.15, 0.2) is 0 Å². The molecule has 2 aromatic rings. The van der Waals surface area contributed by atoms with E-state index < -0.39 is 23.8 Å². The van der Waals surface area contributed by atoms with Gasteiger partial charge in [0.05, 0.1) is 25.3 Å². The summed E-state index contributed by atoms with van der Waals surface area (Å²) in [5, 5.41) is 6.44. The number of carbonyl (C=O) groups excluding carboxylic acids is 4. The maximum absolute atomic E-state index is 12.6. The van der Waals surface area contributed by atoms with E-state index in [1.807, 2.05) is 0 Å². The van der Waals surface area contributed by atoms with Crippen molar-refractivity contribution in [2.75, 3.05) is 38.1 Å². The third kappa shape index (κ3) is 6.39. The standard InChI is InChI=1S/C26H32N2O7S2/c1-33-25(31)21-15-9-5-3-7-11-17(15)36-23(21)27-19(29)13-35-14-20(30)28-24-22(26(32)34-2)16-10-6-4-8-12-18(16)37-24/h3-14H2,1-2H3,(H,27,29)(H,28,30). The number of hydrogen-bond acceptors (Lipinski definition) is 9. The minimum atomic E-state index is -0.467. The van der Waals surface area contributed by atoms with Crippen LogP contribution in [0, 0.1) is 0 Å². The number of anilines is 2. The molecule has 2 aromatic heterocycles. The van der Waals surface area contributed by atoms with Crippen molar-refractivity contribution in [3.8, 4) is 0 Å². The van der Waals surface area contributed by atoms with Gasteiger partial charge in [-0.1, -0.05) is 12.8 Å². The van der Waals surface area contributed by atoms with Gasteiger partial charge in [0.25, 0.3) is 11.8 Å². The molecule has 2 aliphatic carbocycles. The maximum Gasteiger partial charge on any atom is 0.341 e. The minimum Gasteiger partial charge on any atom is -0.465 e. The van der Waals surface area contributed by atoms with E-state index in [0.717, 1.165) is 85.1 Å². The number of ether oxygens (including phenoxy) is 3. The first-order chi connectivity index (χ1) is 17.9. The average molecular weight is 549 g/mol. The van der Waals surface area contributed by atoms with Crippen molar-refractivity contribution < 1.29 is 33.4 Å². The fourth-order valence-corrected chi connectivity index (χ4v) is 7.45. The van der Waals surface area contributed by atoms with Crippen LogP contribution in [0.2, 0.25) is 0 Å². The second-order valence-corrected chi connectivity index (χ2v) is 11.3. The fourth-order valence-electron chi connectivity index (χ4n) is 4.86. The molecule has 0 saturated carbocycles. The highest BCUT2D eigenvalue weighted by molar-refractivity contribution is 7.17. The van der Waals surface area contributed by atoms with Gasteiger partial charge in [-0.15, -0.1) is 22.7 Å². The summed E-state index contributed by atoms with van der Waals surface area (Å²) >= 11 is 2.80. The lowest BCUT2D eigenvalue weighted by atomic mass is 10.1. The summed E-state index contributed by atoms with van der Waals surface area (Å²) < 4.78 is 15.3. The first-order valence-electron chi connectivity index (χ1n) is 12.6. The smallest absolute Gasteiger partial charge is 0.341 e. The lowest BCUT2D eigenvalue weighted by Gasteiger charge is -2.09. The van der Waals surface area contributed by atoms with Gasteiger partial charge < -0.3 is 24.8 Å². The lowest BCUT2D eigenvalue weighted by molar-refractivity contribution is -0.125. The largest absolute Gasteiger partial charge is 0.465 e. The van der Waals surface area contributed by atoms with Crippen molar-refractivity contribution in [1.82, 2.24) is 0 Å². The van der Waals surface area contributed by atoms with Gasteiger partial charge in [0.15, 0.2) is 0 Å². The van der Waals surface area contributed by atoms with E-state index in [9.17, 15) is 19.2 Å². The maximum atomic E-state index is 12.6. The number of methoxy groups -OCH3 is 2. The quantitative estimate of drug-likeness (QED) is 0.368. The first-order valence-corrected chi connectivity index (χ1v) is 14.2. The van der Waals surface area contributed by atoms with Crippen molar-refractivity contribution in [2.24, 2.45) is 0 Å². The third-order valence-electron chi connectivity index (χ3n) is 6.59. The van der Waals surface area contributed by atoms with E-state index in [-0.39, 0.29) is 13.2 Å². The second-order valence-electron chi connectivity index (χ2n) is 9.11. The van der Waals surface area contributed by atoms with Crippen LogP contribution in [0.1, 0.15) is 80.1 Å². The van der Waals surface area contributed by atoms with Crippen LogP contribution in [0.3, 0.4) is 0 Å². The summed E-state index contributed by atoms with van der Waals surface area (Å²) in [6.45, 7) is -0.719. The monoisotopic (exact) mass is 548 g/mol. The Balaban J connectivity index is 1.35. The molecule has 0 aliphatic heterocycles. The van der Waals surface area contributed by atoms with Gasteiger partial charge in [-0.05, 0) is 62.5 Å². The number of nitrogens with one attached hydrogen (secondary N) is 2. The number of aryl methyl sites for hydroxylation is 2. The molecule has 4 rings (SSSR count). The van der Waals surface area contributed by atoms with Crippen LogP contribution < -0.4 is 10.6 Å². The summed E-state index contributed by atoms with van der Waals surface area (Å²) in [4.78, 5) is 52.2. The Kier molecular flexibility index (Phi) is 9.33. The molecule has 0 spiro atoms. The Bertz CT molecular complexity index is 1090. The van der Waals surface area contributed by atoms with E-state index in [1.54, 1.807) is 0 Å². The molecule has 11 heteroatoms. The Hall–Kier alpha value is -2.76. The highest BCUT2D eigenvalue weighted by atomic mass is 32.1. The van der Waals surface area contributed by atoms with E-state index >= 15 is 0 Å². The molecule has 0 aromatic carbocycles. The van der Waals surface area contributed by atoms with Crippen LogP contribution >= 0.6 is 22.7 Å². The molecule has 0 atom stereocenters. The van der Waals surface area contributed by atoms with Crippen molar-refractivity contribution in [3.05, 3.63) is 32.0 Å². The second kappa shape index (κ2) is 12.7. The van der Waals surface area contributed by atoms with Gasteiger partial charge in [-0.25, -0.2) is 9.59 Å². The molecule has 0 saturated heterocycles. The number of carbonyl (C=O) groups is 4. The van der Waals surface area contributed by atoms with Crippen LogP contribution in [0.5, 0.6) is 0 Å². The molecule has 0 fully saturated rings. The molecular weight excluding hydrogens is 516 g/mol. The van der Waals surface area contributed by atoms with E-state index in [4.69, 9.17) is 14.2 Å². The Morgan fingerprint density at radius 1 is 0.649 bits per heavy atom. The van der Waals surface area contributed by atoms with Gasteiger partial charge >= 0.3 is 11.9 Å². The number of rotatable bonds is 8. The van der Waals surface area contributed by atoms with Crippen molar-refractivity contribution in [3.63, 3.8) is 0 Å². The number of amides is 2. The molecule has 0 bridgehead atoms. The Labute approximate surface area is 223 Å². The van der Waals surface area contributed by atoms with Crippen LogP contribution in [0.4, 0.5) is 10.0 Å². The highest BCUT2D eigenvalue weighted by Crippen LogP contribution is 2.39. The number of thiophene rings is 2. The van der Waals surface area contributed by atoms with Crippen molar-refractivity contribution in [1.29, 1.82) is 0 Å². The summed E-state index contributed by atoms with van der Waals surface area (Å²) in [6.07, 6.45) is 9.59. The van der Waals surface area contributed by atoms with Gasteiger partial charge in [0, 0.05) is 9.75 Å². The van der Waals surface area contributed by atoms with Crippen molar-refractivity contribution in [2.45, 2.75) is 64.2 Å². The zero-order valence-electron chi connectivity index (χ0n) is 21.2. The number of esters is 2. The molecule has 0 unspecified atom stereocenters. The van der Waals surface area contributed by atoms with Gasteiger partial charge in [0.1, 0.15) is 23.2 Å². The molecule has 2 amide bonds. The number of hydrogen-bond donors (Lipinski definition) is 2. The molecule has 2 heterocycles. The van der Waals surface area contributed by atoms with Crippen LogP contribution in [-0.4, -0.2) is 51.2 Å².